The Bertz CT molecular complexity index is 744. The van der Waals surface area contributed by atoms with Crippen molar-refractivity contribution in [3.05, 3.63) is 50.4 Å². The summed E-state index contributed by atoms with van der Waals surface area (Å²) in [5, 5.41) is 1.86. The van der Waals surface area contributed by atoms with Crippen molar-refractivity contribution in [1.29, 1.82) is 0 Å². The van der Waals surface area contributed by atoms with Gasteiger partial charge in [-0.15, -0.1) is 11.3 Å². The van der Waals surface area contributed by atoms with Gasteiger partial charge in [0.2, 0.25) is 5.78 Å². The maximum absolute atomic E-state index is 12.2. The summed E-state index contributed by atoms with van der Waals surface area (Å²) in [6, 6.07) is 7.23. The lowest BCUT2D eigenvalue weighted by molar-refractivity contribution is 0.101. The van der Waals surface area contributed by atoms with E-state index in [0.29, 0.717) is 21.7 Å². The van der Waals surface area contributed by atoms with Gasteiger partial charge in [-0.1, -0.05) is 0 Å². The van der Waals surface area contributed by atoms with E-state index in [-0.39, 0.29) is 5.78 Å². The summed E-state index contributed by atoms with van der Waals surface area (Å²) in [6.07, 6.45) is 0. The highest BCUT2D eigenvalue weighted by Gasteiger charge is 2.18. The summed E-state index contributed by atoms with van der Waals surface area (Å²) in [4.78, 5) is 17.2. The van der Waals surface area contributed by atoms with E-state index in [4.69, 9.17) is 4.42 Å². The van der Waals surface area contributed by atoms with Crippen LogP contribution in [0.4, 0.5) is 0 Å². The lowest BCUT2D eigenvalue weighted by Gasteiger charge is -1.93. The number of rotatable bonds is 2. The molecule has 18 heavy (non-hydrogen) atoms. The first-order valence-electron chi connectivity index (χ1n) is 5.30. The summed E-state index contributed by atoms with van der Waals surface area (Å²) in [6.45, 7) is 1.91. The molecule has 3 aromatic rings. The zero-order chi connectivity index (χ0) is 12.7. The Kier molecular flexibility index (Phi) is 2.80. The molecule has 90 valence electrons. The van der Waals surface area contributed by atoms with Crippen molar-refractivity contribution >= 4 is 44.1 Å². The minimum absolute atomic E-state index is 0.118. The number of carbonyl (C=O) groups is 1. The summed E-state index contributed by atoms with van der Waals surface area (Å²) in [5.41, 5.74) is 2.25. The molecule has 0 N–H and O–H groups in total. The fourth-order valence-electron chi connectivity index (χ4n) is 1.71. The van der Waals surface area contributed by atoms with Gasteiger partial charge >= 0.3 is 0 Å². The fraction of sp³-hybridized carbons (Fsp3) is 0.0769. The molecule has 5 heteroatoms. The number of nitrogens with zero attached hydrogens (tertiary/aromatic N) is 1. The summed E-state index contributed by atoms with van der Waals surface area (Å²) in [5.74, 6) is 0.207. The van der Waals surface area contributed by atoms with Crippen molar-refractivity contribution in [1.82, 2.24) is 4.98 Å². The number of furan rings is 1. The number of hydrogen-bond donors (Lipinski definition) is 0. The van der Waals surface area contributed by atoms with Crippen LogP contribution in [0.3, 0.4) is 0 Å². The lowest BCUT2D eigenvalue weighted by Crippen LogP contribution is -1.96. The van der Waals surface area contributed by atoms with Crippen LogP contribution in [-0.4, -0.2) is 10.8 Å². The summed E-state index contributed by atoms with van der Waals surface area (Å²) >= 11 is 4.74. The van der Waals surface area contributed by atoms with Crippen LogP contribution in [0.25, 0.3) is 11.1 Å². The van der Waals surface area contributed by atoms with Gasteiger partial charge in [0.1, 0.15) is 5.52 Å². The number of pyridine rings is 1. The van der Waals surface area contributed by atoms with Crippen LogP contribution in [0.1, 0.15) is 21.1 Å². The lowest BCUT2D eigenvalue weighted by atomic mass is 10.2. The second kappa shape index (κ2) is 4.33. The zero-order valence-corrected chi connectivity index (χ0v) is 11.8. The number of fused-ring (bicyclic) bond motifs is 1. The van der Waals surface area contributed by atoms with E-state index in [0.717, 1.165) is 10.2 Å². The first kappa shape index (κ1) is 11.6. The molecule has 3 heterocycles. The van der Waals surface area contributed by atoms with Gasteiger partial charge in [-0.2, -0.15) is 0 Å². The third kappa shape index (κ3) is 1.89. The minimum Gasteiger partial charge on any atom is -0.451 e. The second-order valence-electron chi connectivity index (χ2n) is 3.87. The van der Waals surface area contributed by atoms with Crippen molar-refractivity contribution in [3.8, 4) is 0 Å². The molecule has 0 amide bonds. The molecule has 0 aromatic carbocycles. The third-order valence-corrected chi connectivity index (χ3v) is 4.40. The molecule has 3 rings (SSSR count). The number of halogens is 1. The average Bonchev–Trinajstić information content (AvgIpc) is 2.93. The van der Waals surface area contributed by atoms with Crippen LogP contribution in [0.5, 0.6) is 0 Å². The van der Waals surface area contributed by atoms with Crippen molar-refractivity contribution in [2.24, 2.45) is 0 Å². The van der Waals surface area contributed by atoms with Crippen molar-refractivity contribution < 1.29 is 9.21 Å². The van der Waals surface area contributed by atoms with Crippen LogP contribution in [0, 0.1) is 6.92 Å². The van der Waals surface area contributed by atoms with Crippen LogP contribution in [0.15, 0.2) is 38.5 Å². The van der Waals surface area contributed by atoms with Gasteiger partial charge in [0.15, 0.2) is 11.3 Å². The predicted octanol–water partition coefficient (Wildman–Crippen LogP) is 4.19. The topological polar surface area (TPSA) is 43.1 Å². The zero-order valence-electron chi connectivity index (χ0n) is 9.44. The maximum Gasteiger partial charge on any atom is 0.239 e. The van der Waals surface area contributed by atoms with Gasteiger partial charge in [-0.3, -0.25) is 4.79 Å². The molecule has 3 nitrogen and oxygen atoms in total. The SMILES string of the molecule is Cc1ccc2oc(C(=O)c3sccc3Br)cc2n1. The summed E-state index contributed by atoms with van der Waals surface area (Å²) < 4.78 is 6.33. The Labute approximate surface area is 116 Å². The molecule has 0 fully saturated rings. The Balaban J connectivity index is 2.10. The molecule has 3 aromatic heterocycles. The van der Waals surface area contributed by atoms with Crippen molar-refractivity contribution in [2.75, 3.05) is 0 Å². The molecule has 0 spiro atoms. The minimum atomic E-state index is -0.118. The van der Waals surface area contributed by atoms with Gasteiger partial charge in [-0.25, -0.2) is 4.98 Å². The molecule has 0 saturated carbocycles. The third-order valence-electron chi connectivity index (χ3n) is 2.56. The van der Waals surface area contributed by atoms with E-state index < -0.39 is 0 Å². The van der Waals surface area contributed by atoms with Gasteiger partial charge in [-0.05, 0) is 46.4 Å². The van der Waals surface area contributed by atoms with Crippen LogP contribution >= 0.6 is 27.3 Å². The van der Waals surface area contributed by atoms with Gasteiger partial charge in [0.25, 0.3) is 0 Å². The number of aryl methyl sites for hydroxylation is 1. The number of thiophene rings is 1. The Morgan fingerprint density at radius 3 is 2.94 bits per heavy atom. The molecule has 0 atom stereocenters. The summed E-state index contributed by atoms with van der Waals surface area (Å²) in [7, 11) is 0. The Hall–Kier alpha value is -1.46. The highest BCUT2D eigenvalue weighted by molar-refractivity contribution is 9.10. The highest BCUT2D eigenvalue weighted by Crippen LogP contribution is 2.27. The monoisotopic (exact) mass is 321 g/mol. The van der Waals surface area contributed by atoms with Crippen molar-refractivity contribution in [2.45, 2.75) is 6.92 Å². The molecular weight excluding hydrogens is 314 g/mol. The van der Waals surface area contributed by atoms with Gasteiger partial charge in [0.05, 0.1) is 4.88 Å². The highest BCUT2D eigenvalue weighted by atomic mass is 79.9. The number of hydrogen-bond acceptors (Lipinski definition) is 4. The molecule has 0 unspecified atom stereocenters. The molecule has 0 bridgehead atoms. The predicted molar refractivity (Wildman–Crippen MR) is 74.2 cm³/mol. The fourth-order valence-corrected chi connectivity index (χ4v) is 3.20. The van der Waals surface area contributed by atoms with Crippen LogP contribution < -0.4 is 0 Å². The van der Waals surface area contributed by atoms with Gasteiger partial charge < -0.3 is 4.42 Å². The second-order valence-corrected chi connectivity index (χ2v) is 5.64. The van der Waals surface area contributed by atoms with Crippen LogP contribution in [-0.2, 0) is 0 Å². The number of carbonyl (C=O) groups excluding carboxylic acids is 1. The largest absolute Gasteiger partial charge is 0.451 e. The quantitative estimate of drug-likeness (QED) is 0.664. The van der Waals surface area contributed by atoms with Crippen molar-refractivity contribution in [3.63, 3.8) is 0 Å². The first-order valence-corrected chi connectivity index (χ1v) is 6.97. The van der Waals surface area contributed by atoms with E-state index in [2.05, 4.69) is 20.9 Å². The maximum atomic E-state index is 12.2. The molecule has 0 aliphatic heterocycles. The van der Waals surface area contributed by atoms with E-state index in [1.807, 2.05) is 30.5 Å². The van der Waals surface area contributed by atoms with E-state index in [9.17, 15) is 4.79 Å². The number of ketones is 1. The van der Waals surface area contributed by atoms with E-state index in [1.165, 1.54) is 11.3 Å². The van der Waals surface area contributed by atoms with Crippen LogP contribution in [0.2, 0.25) is 0 Å². The molecule has 0 aliphatic carbocycles. The molecular formula is C13H8BrNO2S. The van der Waals surface area contributed by atoms with E-state index in [1.54, 1.807) is 6.07 Å². The molecule has 0 aliphatic rings. The smallest absolute Gasteiger partial charge is 0.239 e. The molecule has 0 saturated heterocycles. The normalized spacial score (nSPS) is 11.0. The van der Waals surface area contributed by atoms with E-state index >= 15 is 0 Å². The van der Waals surface area contributed by atoms with Gasteiger partial charge in [0, 0.05) is 16.2 Å². The first-order chi connectivity index (χ1) is 8.65. The standard InChI is InChI=1S/C13H8BrNO2S/c1-7-2-3-10-9(15-7)6-11(17-10)12(16)13-8(14)4-5-18-13/h2-6H,1H3. The molecule has 0 radical (unpaired) electrons. The average molecular weight is 322 g/mol. The Morgan fingerprint density at radius 1 is 1.39 bits per heavy atom. The Morgan fingerprint density at radius 2 is 2.22 bits per heavy atom. The number of aromatic nitrogens is 1.